The van der Waals surface area contributed by atoms with E-state index in [0.717, 1.165) is 19.5 Å². The molecule has 0 saturated carbocycles. The molecule has 1 unspecified atom stereocenters. The first kappa shape index (κ1) is 11.5. The third-order valence-corrected chi connectivity index (χ3v) is 5.04. The summed E-state index contributed by atoms with van der Waals surface area (Å²) in [6.45, 7) is 2.13. The van der Waals surface area contributed by atoms with Gasteiger partial charge in [-0.05, 0) is 46.1 Å². The molecule has 2 aromatic rings. The zero-order valence-corrected chi connectivity index (χ0v) is 11.9. The highest BCUT2D eigenvalue weighted by atomic mass is 79.9. The van der Waals surface area contributed by atoms with Crippen molar-refractivity contribution in [3.8, 4) is 0 Å². The van der Waals surface area contributed by atoms with Crippen LogP contribution in [0.15, 0.2) is 40.2 Å². The Labute approximate surface area is 114 Å². The molecule has 1 nitrogen and oxygen atoms in total. The van der Waals surface area contributed by atoms with E-state index in [4.69, 9.17) is 0 Å². The smallest absolute Gasteiger partial charge is 0.0704 e. The van der Waals surface area contributed by atoms with Gasteiger partial charge in [0.25, 0.3) is 0 Å². The van der Waals surface area contributed by atoms with Crippen molar-refractivity contribution in [2.45, 2.75) is 12.3 Å². The fraction of sp³-hybridized carbons (Fsp3) is 0.286. The van der Waals surface area contributed by atoms with E-state index in [2.05, 4.69) is 57.6 Å². The summed E-state index contributed by atoms with van der Waals surface area (Å²) in [5.41, 5.74) is 2.92. The number of fused-ring (bicyclic) bond motifs is 1. The van der Waals surface area contributed by atoms with E-state index in [-0.39, 0.29) is 0 Å². The number of thiophene rings is 1. The van der Waals surface area contributed by atoms with Gasteiger partial charge in [0, 0.05) is 17.3 Å². The second-order valence-corrected chi connectivity index (χ2v) is 6.82. The summed E-state index contributed by atoms with van der Waals surface area (Å²) in [6, 6.07) is 13.1. The third-order valence-electron chi connectivity index (χ3n) is 3.25. The van der Waals surface area contributed by atoms with Gasteiger partial charge >= 0.3 is 0 Å². The Kier molecular flexibility index (Phi) is 3.32. The lowest BCUT2D eigenvalue weighted by Gasteiger charge is -2.15. The molecule has 1 atom stereocenters. The molecule has 3 heteroatoms. The van der Waals surface area contributed by atoms with Crippen molar-refractivity contribution in [3.63, 3.8) is 0 Å². The molecule has 2 heterocycles. The number of rotatable bonds is 1. The molecule has 88 valence electrons. The van der Waals surface area contributed by atoms with Crippen molar-refractivity contribution in [1.29, 1.82) is 0 Å². The van der Waals surface area contributed by atoms with E-state index >= 15 is 0 Å². The van der Waals surface area contributed by atoms with Gasteiger partial charge in [-0.3, -0.25) is 0 Å². The average Bonchev–Trinajstić information content (AvgIpc) is 2.61. The molecule has 0 spiro atoms. The molecule has 1 aromatic heterocycles. The lowest BCUT2D eigenvalue weighted by atomic mass is 9.95. The van der Waals surface area contributed by atoms with Crippen molar-refractivity contribution in [3.05, 3.63) is 56.2 Å². The average molecular weight is 308 g/mol. The molecule has 0 aliphatic carbocycles. The van der Waals surface area contributed by atoms with Gasteiger partial charge in [-0.25, -0.2) is 0 Å². The van der Waals surface area contributed by atoms with Crippen LogP contribution < -0.4 is 5.32 Å². The molecule has 0 saturated heterocycles. The minimum Gasteiger partial charge on any atom is -0.315 e. The standard InChI is InChI=1S/C14H14BrNS/c15-13-8-11-6-7-16-9-12(14(11)17-13)10-4-2-1-3-5-10/h1-5,8,12,16H,6-7,9H2. The number of benzene rings is 1. The minimum atomic E-state index is 0.505. The van der Waals surface area contributed by atoms with Gasteiger partial charge in [-0.2, -0.15) is 0 Å². The first-order chi connectivity index (χ1) is 8.34. The Bertz CT molecular complexity index is 506. The minimum absolute atomic E-state index is 0.505. The molecule has 0 radical (unpaired) electrons. The molecule has 1 aliphatic rings. The Morgan fingerprint density at radius 1 is 1.24 bits per heavy atom. The second kappa shape index (κ2) is 4.92. The van der Waals surface area contributed by atoms with Crippen LogP contribution in [0.1, 0.15) is 21.9 Å². The van der Waals surface area contributed by atoms with E-state index in [1.54, 1.807) is 0 Å². The predicted molar refractivity (Wildman–Crippen MR) is 76.9 cm³/mol. The molecule has 1 aliphatic heterocycles. The highest BCUT2D eigenvalue weighted by Crippen LogP contribution is 2.37. The molecule has 1 aromatic carbocycles. The third kappa shape index (κ3) is 2.32. The van der Waals surface area contributed by atoms with E-state index < -0.39 is 0 Å². The molecule has 3 rings (SSSR count). The van der Waals surface area contributed by atoms with Gasteiger partial charge in [0.05, 0.1) is 3.79 Å². The van der Waals surface area contributed by atoms with Crippen LogP contribution in [0.3, 0.4) is 0 Å². The first-order valence-electron chi connectivity index (χ1n) is 5.88. The number of hydrogen-bond acceptors (Lipinski definition) is 2. The SMILES string of the molecule is Brc1cc2c(s1)C(c1ccccc1)CNCC2. The maximum Gasteiger partial charge on any atom is 0.0704 e. The number of hydrogen-bond donors (Lipinski definition) is 1. The lowest BCUT2D eigenvalue weighted by Crippen LogP contribution is -2.20. The topological polar surface area (TPSA) is 12.0 Å². The Hall–Kier alpha value is -0.640. The van der Waals surface area contributed by atoms with Gasteiger partial charge in [0.2, 0.25) is 0 Å². The van der Waals surface area contributed by atoms with Crippen molar-refractivity contribution in [2.75, 3.05) is 13.1 Å². The maximum absolute atomic E-state index is 3.62. The summed E-state index contributed by atoms with van der Waals surface area (Å²) < 4.78 is 1.25. The molecular formula is C14H14BrNS. The number of halogens is 1. The van der Waals surface area contributed by atoms with Crippen LogP contribution in [0.25, 0.3) is 0 Å². The fourth-order valence-electron chi connectivity index (χ4n) is 2.42. The summed E-state index contributed by atoms with van der Waals surface area (Å²) in [6.07, 6.45) is 1.14. The summed E-state index contributed by atoms with van der Waals surface area (Å²) in [5, 5.41) is 3.54. The van der Waals surface area contributed by atoms with Crippen molar-refractivity contribution < 1.29 is 0 Å². The van der Waals surface area contributed by atoms with Crippen molar-refractivity contribution in [1.82, 2.24) is 5.32 Å². The van der Waals surface area contributed by atoms with Gasteiger partial charge in [0.15, 0.2) is 0 Å². The van der Waals surface area contributed by atoms with E-state index in [1.807, 2.05) is 11.3 Å². The summed E-state index contributed by atoms with van der Waals surface area (Å²) in [4.78, 5) is 1.52. The molecule has 1 N–H and O–H groups in total. The molecule has 0 fully saturated rings. The summed E-state index contributed by atoms with van der Waals surface area (Å²) in [7, 11) is 0. The normalized spacial score (nSPS) is 19.7. The van der Waals surface area contributed by atoms with Crippen LogP contribution in [-0.4, -0.2) is 13.1 Å². The fourth-order valence-corrected chi connectivity index (χ4v) is 4.28. The van der Waals surface area contributed by atoms with Gasteiger partial charge in [-0.15, -0.1) is 11.3 Å². The zero-order valence-electron chi connectivity index (χ0n) is 9.45. The number of nitrogens with one attached hydrogen (secondary N) is 1. The van der Waals surface area contributed by atoms with E-state index in [0.29, 0.717) is 5.92 Å². The summed E-state index contributed by atoms with van der Waals surface area (Å²) in [5.74, 6) is 0.505. The highest BCUT2D eigenvalue weighted by molar-refractivity contribution is 9.11. The predicted octanol–water partition coefficient (Wildman–Crippen LogP) is 3.79. The monoisotopic (exact) mass is 307 g/mol. The largest absolute Gasteiger partial charge is 0.315 e. The maximum atomic E-state index is 3.62. The van der Waals surface area contributed by atoms with Crippen LogP contribution in [0.2, 0.25) is 0 Å². The lowest BCUT2D eigenvalue weighted by molar-refractivity contribution is 0.668. The molecule has 0 amide bonds. The quantitative estimate of drug-likeness (QED) is 0.845. The van der Waals surface area contributed by atoms with Crippen molar-refractivity contribution >= 4 is 27.3 Å². The Morgan fingerprint density at radius 3 is 2.88 bits per heavy atom. The van der Waals surface area contributed by atoms with E-state index in [9.17, 15) is 0 Å². The summed E-state index contributed by atoms with van der Waals surface area (Å²) >= 11 is 5.50. The highest BCUT2D eigenvalue weighted by Gasteiger charge is 2.22. The Morgan fingerprint density at radius 2 is 2.06 bits per heavy atom. The zero-order chi connectivity index (χ0) is 11.7. The van der Waals surface area contributed by atoms with Crippen LogP contribution in [-0.2, 0) is 6.42 Å². The molecule has 0 bridgehead atoms. The second-order valence-electron chi connectivity index (χ2n) is 4.36. The van der Waals surface area contributed by atoms with Crippen molar-refractivity contribution in [2.24, 2.45) is 0 Å². The van der Waals surface area contributed by atoms with Crippen LogP contribution in [0.5, 0.6) is 0 Å². The van der Waals surface area contributed by atoms with Crippen LogP contribution in [0.4, 0.5) is 0 Å². The van der Waals surface area contributed by atoms with Gasteiger partial charge < -0.3 is 5.32 Å². The first-order valence-corrected chi connectivity index (χ1v) is 7.49. The van der Waals surface area contributed by atoms with E-state index in [1.165, 1.54) is 19.8 Å². The molecule has 17 heavy (non-hydrogen) atoms. The van der Waals surface area contributed by atoms with Gasteiger partial charge in [0.1, 0.15) is 0 Å². The Balaban J connectivity index is 2.05. The van der Waals surface area contributed by atoms with Crippen LogP contribution >= 0.6 is 27.3 Å². The van der Waals surface area contributed by atoms with Gasteiger partial charge in [-0.1, -0.05) is 30.3 Å². The van der Waals surface area contributed by atoms with Crippen LogP contribution in [0, 0.1) is 0 Å². The molecular weight excluding hydrogens is 294 g/mol.